The minimum Gasteiger partial charge on any atom is -0.497 e. The maximum atomic E-state index is 5.64. The third-order valence-electron chi connectivity index (χ3n) is 3.75. The number of halogens is 1. The molecule has 4 heteroatoms. The molecular formula is C15H22BrNO2. The fourth-order valence-corrected chi connectivity index (χ4v) is 2.99. The lowest BCUT2D eigenvalue weighted by atomic mass is 9.81. The summed E-state index contributed by atoms with van der Waals surface area (Å²) in [6.07, 6.45) is 2.13. The van der Waals surface area contributed by atoms with E-state index < -0.39 is 0 Å². The average molecular weight is 328 g/mol. The molecule has 1 aromatic carbocycles. The maximum absolute atomic E-state index is 5.64. The molecule has 0 spiro atoms. The molecule has 106 valence electrons. The number of hydrogen-bond acceptors (Lipinski definition) is 3. The van der Waals surface area contributed by atoms with Crippen LogP contribution in [0.5, 0.6) is 5.75 Å². The van der Waals surface area contributed by atoms with Crippen molar-refractivity contribution in [2.24, 2.45) is 5.41 Å². The second-order valence-electron chi connectivity index (χ2n) is 5.22. The molecule has 1 N–H and O–H groups in total. The molecule has 0 aromatic heterocycles. The lowest BCUT2D eigenvalue weighted by molar-refractivity contribution is 0.149. The van der Waals surface area contributed by atoms with Crippen LogP contribution in [0.4, 0.5) is 0 Å². The topological polar surface area (TPSA) is 30.5 Å². The maximum Gasteiger partial charge on any atom is 0.119 e. The van der Waals surface area contributed by atoms with Crippen LogP contribution < -0.4 is 10.1 Å². The number of rotatable bonds is 6. The summed E-state index contributed by atoms with van der Waals surface area (Å²) in [5.41, 5.74) is 1.51. The van der Waals surface area contributed by atoms with Crippen molar-refractivity contribution in [1.82, 2.24) is 5.32 Å². The molecule has 1 aliphatic rings. The summed E-state index contributed by atoms with van der Waals surface area (Å²) < 4.78 is 12.1. The van der Waals surface area contributed by atoms with Gasteiger partial charge in [-0.15, -0.1) is 0 Å². The predicted molar refractivity (Wildman–Crippen MR) is 80.8 cm³/mol. The summed E-state index contributed by atoms with van der Waals surface area (Å²) in [5.74, 6) is 0.913. The minimum absolute atomic E-state index is 0.213. The first-order chi connectivity index (χ1) is 9.19. The van der Waals surface area contributed by atoms with Crippen molar-refractivity contribution in [3.05, 3.63) is 28.2 Å². The van der Waals surface area contributed by atoms with Gasteiger partial charge >= 0.3 is 0 Å². The van der Waals surface area contributed by atoms with Crippen LogP contribution in [0.1, 0.15) is 18.9 Å². The SMILES string of the molecule is CCNCC1(Cc2cc(OC)ccc2Br)CCOC1. The van der Waals surface area contributed by atoms with Gasteiger partial charge in [0.05, 0.1) is 13.7 Å². The number of hydrogen-bond donors (Lipinski definition) is 1. The third kappa shape index (κ3) is 3.71. The summed E-state index contributed by atoms with van der Waals surface area (Å²) in [4.78, 5) is 0. The molecule has 0 saturated carbocycles. The number of nitrogens with one attached hydrogen (secondary N) is 1. The molecule has 19 heavy (non-hydrogen) atoms. The van der Waals surface area contributed by atoms with Gasteiger partial charge in [-0.1, -0.05) is 22.9 Å². The molecule has 1 atom stereocenters. The summed E-state index contributed by atoms with van der Waals surface area (Å²) in [7, 11) is 1.71. The Bertz CT molecular complexity index is 417. The highest BCUT2D eigenvalue weighted by Gasteiger charge is 2.35. The Labute approximate surface area is 123 Å². The van der Waals surface area contributed by atoms with Crippen LogP contribution in [-0.2, 0) is 11.2 Å². The van der Waals surface area contributed by atoms with Crippen molar-refractivity contribution in [3.63, 3.8) is 0 Å². The average Bonchev–Trinajstić information content (AvgIpc) is 2.88. The summed E-state index contributed by atoms with van der Waals surface area (Å²) >= 11 is 3.64. The van der Waals surface area contributed by atoms with Crippen molar-refractivity contribution >= 4 is 15.9 Å². The Kier molecular flexibility index (Phi) is 5.25. The quantitative estimate of drug-likeness (QED) is 0.871. The second kappa shape index (κ2) is 6.73. The molecule has 0 aliphatic carbocycles. The molecule has 0 amide bonds. The number of methoxy groups -OCH3 is 1. The van der Waals surface area contributed by atoms with Crippen molar-refractivity contribution in [2.45, 2.75) is 19.8 Å². The first kappa shape index (κ1) is 14.8. The molecule has 1 unspecified atom stereocenters. The Morgan fingerprint density at radius 1 is 1.47 bits per heavy atom. The van der Waals surface area contributed by atoms with Crippen molar-refractivity contribution in [2.75, 3.05) is 33.4 Å². The van der Waals surface area contributed by atoms with E-state index >= 15 is 0 Å². The third-order valence-corrected chi connectivity index (χ3v) is 4.53. The van der Waals surface area contributed by atoms with Crippen LogP contribution >= 0.6 is 15.9 Å². The fourth-order valence-electron chi connectivity index (χ4n) is 2.60. The van der Waals surface area contributed by atoms with Crippen molar-refractivity contribution in [3.8, 4) is 5.75 Å². The molecule has 1 saturated heterocycles. The van der Waals surface area contributed by atoms with E-state index in [1.807, 2.05) is 6.07 Å². The first-order valence-corrected chi connectivity index (χ1v) is 7.59. The lowest BCUT2D eigenvalue weighted by Crippen LogP contribution is -2.36. The highest BCUT2D eigenvalue weighted by atomic mass is 79.9. The van der Waals surface area contributed by atoms with Crippen LogP contribution in [0.3, 0.4) is 0 Å². The summed E-state index contributed by atoms with van der Waals surface area (Å²) in [5, 5.41) is 3.47. The zero-order valence-corrected chi connectivity index (χ0v) is 13.3. The Hall–Kier alpha value is -0.580. The van der Waals surface area contributed by atoms with E-state index in [1.54, 1.807) is 7.11 Å². The molecule has 1 heterocycles. The first-order valence-electron chi connectivity index (χ1n) is 6.80. The van der Waals surface area contributed by atoms with Gasteiger partial charge in [0.25, 0.3) is 0 Å². The molecular weight excluding hydrogens is 306 g/mol. The number of benzene rings is 1. The van der Waals surface area contributed by atoms with E-state index in [0.29, 0.717) is 0 Å². The van der Waals surface area contributed by atoms with Gasteiger partial charge in [0.1, 0.15) is 5.75 Å². The molecule has 2 rings (SSSR count). The molecule has 1 fully saturated rings. The lowest BCUT2D eigenvalue weighted by Gasteiger charge is -2.28. The highest BCUT2D eigenvalue weighted by Crippen LogP contribution is 2.35. The molecule has 1 aromatic rings. The van der Waals surface area contributed by atoms with Gasteiger partial charge in [-0.25, -0.2) is 0 Å². The summed E-state index contributed by atoms with van der Waals surface area (Å²) in [6, 6.07) is 6.16. The van der Waals surface area contributed by atoms with E-state index in [2.05, 4.69) is 40.3 Å². The Balaban J connectivity index is 2.16. The Morgan fingerprint density at radius 3 is 2.95 bits per heavy atom. The van der Waals surface area contributed by atoms with E-state index in [1.165, 1.54) is 5.56 Å². The molecule has 1 aliphatic heterocycles. The van der Waals surface area contributed by atoms with E-state index in [-0.39, 0.29) is 5.41 Å². The minimum atomic E-state index is 0.213. The van der Waals surface area contributed by atoms with Gasteiger partial charge in [0, 0.05) is 23.0 Å². The smallest absolute Gasteiger partial charge is 0.119 e. The van der Waals surface area contributed by atoms with E-state index in [0.717, 1.165) is 49.4 Å². The molecule has 0 bridgehead atoms. The fraction of sp³-hybridized carbons (Fsp3) is 0.600. The standard InChI is InChI=1S/C15H22BrNO2/c1-3-17-10-15(6-7-19-11-15)9-12-8-13(18-2)4-5-14(12)16/h4-5,8,17H,3,6-7,9-11H2,1-2H3. The van der Waals surface area contributed by atoms with Crippen LogP contribution in [0.25, 0.3) is 0 Å². The van der Waals surface area contributed by atoms with Gasteiger partial charge in [-0.2, -0.15) is 0 Å². The molecule has 3 nitrogen and oxygen atoms in total. The van der Waals surface area contributed by atoms with Gasteiger partial charge in [-0.3, -0.25) is 0 Å². The van der Waals surface area contributed by atoms with Gasteiger partial charge in [-0.05, 0) is 43.1 Å². The van der Waals surface area contributed by atoms with Crippen molar-refractivity contribution in [1.29, 1.82) is 0 Å². The van der Waals surface area contributed by atoms with Gasteiger partial charge < -0.3 is 14.8 Å². The van der Waals surface area contributed by atoms with Crippen LogP contribution in [0.2, 0.25) is 0 Å². The van der Waals surface area contributed by atoms with E-state index in [9.17, 15) is 0 Å². The number of ether oxygens (including phenoxy) is 2. The highest BCUT2D eigenvalue weighted by molar-refractivity contribution is 9.10. The second-order valence-corrected chi connectivity index (χ2v) is 6.07. The van der Waals surface area contributed by atoms with Crippen molar-refractivity contribution < 1.29 is 9.47 Å². The van der Waals surface area contributed by atoms with Gasteiger partial charge in [0.2, 0.25) is 0 Å². The molecule has 0 radical (unpaired) electrons. The largest absolute Gasteiger partial charge is 0.497 e. The predicted octanol–water partition coefficient (Wildman–Crippen LogP) is 3.02. The normalized spacial score (nSPS) is 22.7. The Morgan fingerprint density at radius 2 is 2.32 bits per heavy atom. The van der Waals surface area contributed by atoms with Crippen LogP contribution in [0.15, 0.2) is 22.7 Å². The zero-order valence-electron chi connectivity index (χ0n) is 11.7. The van der Waals surface area contributed by atoms with Gasteiger partial charge in [0.15, 0.2) is 0 Å². The summed E-state index contributed by atoms with van der Waals surface area (Å²) in [6.45, 7) is 5.86. The van der Waals surface area contributed by atoms with Crippen LogP contribution in [-0.4, -0.2) is 33.4 Å². The zero-order chi connectivity index (χ0) is 13.7. The van der Waals surface area contributed by atoms with E-state index in [4.69, 9.17) is 9.47 Å². The van der Waals surface area contributed by atoms with Crippen LogP contribution in [0, 0.1) is 5.41 Å². The monoisotopic (exact) mass is 327 g/mol.